The zero-order valence-corrected chi connectivity index (χ0v) is 12.7. The highest BCUT2D eigenvalue weighted by atomic mass is 16.4. The first-order valence-corrected chi connectivity index (χ1v) is 6.58. The molecular formula is C17H24O2. The Bertz CT molecular complexity index is 497. The van der Waals surface area contributed by atoms with Crippen molar-refractivity contribution in [2.24, 2.45) is 0 Å². The third-order valence-corrected chi connectivity index (χ3v) is 3.13. The van der Waals surface area contributed by atoms with Gasteiger partial charge in [-0.15, -0.1) is 0 Å². The molecule has 0 fully saturated rings. The summed E-state index contributed by atoms with van der Waals surface area (Å²) in [7, 11) is 0. The number of hydrogen-bond donors (Lipinski definition) is 1. The highest BCUT2D eigenvalue weighted by Gasteiger charge is 2.20. The predicted octanol–water partition coefficient (Wildman–Crippen LogP) is 4.38. The van der Waals surface area contributed by atoms with E-state index in [-0.39, 0.29) is 10.8 Å². The fourth-order valence-electron chi connectivity index (χ4n) is 2.01. The van der Waals surface area contributed by atoms with Crippen molar-refractivity contribution in [3.63, 3.8) is 0 Å². The van der Waals surface area contributed by atoms with Crippen LogP contribution in [0.1, 0.15) is 58.2 Å². The Morgan fingerprint density at radius 1 is 1.05 bits per heavy atom. The van der Waals surface area contributed by atoms with Crippen LogP contribution in [0.15, 0.2) is 24.3 Å². The van der Waals surface area contributed by atoms with Crippen LogP contribution in [0, 0.1) is 0 Å². The molecule has 0 amide bonds. The van der Waals surface area contributed by atoms with Crippen LogP contribution in [-0.4, -0.2) is 11.1 Å². The first-order chi connectivity index (χ1) is 8.51. The van der Waals surface area contributed by atoms with Crippen molar-refractivity contribution >= 4 is 12.0 Å². The van der Waals surface area contributed by atoms with E-state index in [2.05, 4.69) is 59.7 Å². The summed E-state index contributed by atoms with van der Waals surface area (Å²) in [6.45, 7) is 12.9. The lowest BCUT2D eigenvalue weighted by Gasteiger charge is -2.25. The molecule has 0 heterocycles. The summed E-state index contributed by atoms with van der Waals surface area (Å²) in [4.78, 5) is 10.7. The van der Waals surface area contributed by atoms with Crippen molar-refractivity contribution in [1.29, 1.82) is 0 Å². The van der Waals surface area contributed by atoms with Gasteiger partial charge in [-0.25, -0.2) is 4.79 Å². The number of carbonyl (C=O) groups is 1. The van der Waals surface area contributed by atoms with E-state index in [0.29, 0.717) is 0 Å². The second-order valence-corrected chi connectivity index (χ2v) is 6.97. The fourth-order valence-corrected chi connectivity index (χ4v) is 2.01. The molecule has 0 unspecified atom stereocenters. The molecule has 1 N–H and O–H groups in total. The second-order valence-electron chi connectivity index (χ2n) is 6.97. The molecule has 19 heavy (non-hydrogen) atoms. The maximum atomic E-state index is 10.7. The average Bonchev–Trinajstić information content (AvgIpc) is 2.23. The summed E-state index contributed by atoms with van der Waals surface area (Å²) in [5, 5.41) is 8.81. The Hall–Kier alpha value is -1.57. The minimum atomic E-state index is -0.916. The fraction of sp³-hybridized carbons (Fsp3) is 0.471. The number of benzene rings is 1. The largest absolute Gasteiger partial charge is 0.478 e. The van der Waals surface area contributed by atoms with Gasteiger partial charge >= 0.3 is 5.97 Å². The average molecular weight is 260 g/mol. The number of hydrogen-bond acceptors (Lipinski definition) is 1. The standard InChI is InChI=1S/C17H24O2/c1-16(2,3)13-8-9-14(17(4,5)6)12(11-13)7-10-15(18)19/h7-11H,1-6H3,(H,18,19)/b10-7-. The Kier molecular flexibility index (Phi) is 4.24. The topological polar surface area (TPSA) is 37.3 Å². The molecule has 0 saturated heterocycles. The Balaban J connectivity index is 3.39. The highest BCUT2D eigenvalue weighted by Crippen LogP contribution is 2.31. The summed E-state index contributed by atoms with van der Waals surface area (Å²) in [5.41, 5.74) is 3.42. The van der Waals surface area contributed by atoms with Crippen LogP contribution in [-0.2, 0) is 15.6 Å². The van der Waals surface area contributed by atoms with Gasteiger partial charge in [-0.1, -0.05) is 59.7 Å². The normalized spacial score (nSPS) is 12.9. The molecule has 0 aliphatic heterocycles. The minimum Gasteiger partial charge on any atom is -0.478 e. The molecule has 104 valence electrons. The Morgan fingerprint density at radius 2 is 1.63 bits per heavy atom. The number of rotatable bonds is 2. The van der Waals surface area contributed by atoms with Crippen LogP contribution < -0.4 is 0 Å². The predicted molar refractivity (Wildman–Crippen MR) is 80.5 cm³/mol. The highest BCUT2D eigenvalue weighted by molar-refractivity contribution is 5.85. The number of carboxylic acid groups (broad SMARTS) is 1. The zero-order valence-electron chi connectivity index (χ0n) is 12.7. The van der Waals surface area contributed by atoms with E-state index in [0.717, 1.165) is 11.1 Å². The maximum absolute atomic E-state index is 10.7. The number of aliphatic carboxylic acids is 1. The third kappa shape index (κ3) is 4.23. The van der Waals surface area contributed by atoms with Crippen molar-refractivity contribution < 1.29 is 9.90 Å². The van der Waals surface area contributed by atoms with Gasteiger partial charge in [-0.2, -0.15) is 0 Å². The number of carboxylic acids is 1. The van der Waals surface area contributed by atoms with Gasteiger partial charge in [0.15, 0.2) is 0 Å². The lowest BCUT2D eigenvalue weighted by Crippen LogP contribution is -2.16. The van der Waals surface area contributed by atoms with Crippen LogP contribution in [0.4, 0.5) is 0 Å². The van der Waals surface area contributed by atoms with Crippen molar-refractivity contribution in [1.82, 2.24) is 0 Å². The molecule has 0 atom stereocenters. The summed E-state index contributed by atoms with van der Waals surface area (Å²) in [5.74, 6) is -0.916. The van der Waals surface area contributed by atoms with E-state index in [1.165, 1.54) is 11.6 Å². The lowest BCUT2D eigenvalue weighted by molar-refractivity contribution is -0.131. The van der Waals surface area contributed by atoms with E-state index in [1.54, 1.807) is 6.08 Å². The molecule has 1 aromatic carbocycles. The van der Waals surface area contributed by atoms with Crippen LogP contribution in [0.3, 0.4) is 0 Å². The van der Waals surface area contributed by atoms with Crippen molar-refractivity contribution in [2.45, 2.75) is 52.4 Å². The quantitative estimate of drug-likeness (QED) is 0.801. The Labute approximate surface area is 116 Å². The van der Waals surface area contributed by atoms with Crippen LogP contribution in [0.25, 0.3) is 6.08 Å². The van der Waals surface area contributed by atoms with Gasteiger partial charge in [0.05, 0.1) is 0 Å². The van der Waals surface area contributed by atoms with Gasteiger partial charge < -0.3 is 5.11 Å². The lowest BCUT2D eigenvalue weighted by atomic mass is 9.79. The molecule has 2 nitrogen and oxygen atoms in total. The van der Waals surface area contributed by atoms with Gasteiger partial charge in [-0.05, 0) is 33.6 Å². The first-order valence-electron chi connectivity index (χ1n) is 6.58. The molecular weight excluding hydrogens is 236 g/mol. The van der Waals surface area contributed by atoms with E-state index in [4.69, 9.17) is 5.11 Å². The molecule has 0 aliphatic rings. The van der Waals surface area contributed by atoms with E-state index in [9.17, 15) is 4.79 Å². The van der Waals surface area contributed by atoms with Crippen LogP contribution >= 0.6 is 0 Å². The van der Waals surface area contributed by atoms with Gasteiger partial charge in [-0.3, -0.25) is 0 Å². The zero-order chi connectivity index (χ0) is 14.8. The SMILES string of the molecule is CC(C)(C)c1ccc(C(C)(C)C)c(/C=C\C(=O)O)c1. The molecule has 0 aliphatic carbocycles. The Morgan fingerprint density at radius 3 is 2.05 bits per heavy atom. The van der Waals surface area contributed by atoms with E-state index < -0.39 is 5.97 Å². The molecule has 0 aromatic heterocycles. The molecule has 0 spiro atoms. The van der Waals surface area contributed by atoms with Crippen molar-refractivity contribution in [3.8, 4) is 0 Å². The first kappa shape index (κ1) is 15.5. The summed E-state index contributed by atoms with van der Waals surface area (Å²) >= 11 is 0. The van der Waals surface area contributed by atoms with E-state index in [1.807, 2.05) is 0 Å². The smallest absolute Gasteiger partial charge is 0.328 e. The third-order valence-electron chi connectivity index (χ3n) is 3.13. The summed E-state index contributed by atoms with van der Waals surface area (Å²) < 4.78 is 0. The minimum absolute atomic E-state index is 0.00537. The molecule has 0 radical (unpaired) electrons. The maximum Gasteiger partial charge on any atom is 0.328 e. The van der Waals surface area contributed by atoms with Crippen LogP contribution in [0.5, 0.6) is 0 Å². The van der Waals surface area contributed by atoms with Gasteiger partial charge in [0.2, 0.25) is 0 Å². The molecule has 1 rings (SSSR count). The monoisotopic (exact) mass is 260 g/mol. The summed E-state index contributed by atoms with van der Waals surface area (Å²) in [6, 6.07) is 6.35. The van der Waals surface area contributed by atoms with Crippen molar-refractivity contribution in [3.05, 3.63) is 41.0 Å². The molecule has 2 heteroatoms. The second kappa shape index (κ2) is 5.20. The van der Waals surface area contributed by atoms with Gasteiger partial charge in [0.1, 0.15) is 0 Å². The summed E-state index contributed by atoms with van der Waals surface area (Å²) in [6.07, 6.45) is 2.90. The molecule has 0 bridgehead atoms. The van der Waals surface area contributed by atoms with Crippen molar-refractivity contribution in [2.75, 3.05) is 0 Å². The van der Waals surface area contributed by atoms with Gasteiger partial charge in [0.25, 0.3) is 0 Å². The van der Waals surface area contributed by atoms with Crippen LogP contribution in [0.2, 0.25) is 0 Å². The molecule has 0 saturated carbocycles. The molecule has 1 aromatic rings. The van der Waals surface area contributed by atoms with Gasteiger partial charge in [0, 0.05) is 6.08 Å². The van der Waals surface area contributed by atoms with E-state index >= 15 is 0 Å².